The predicted octanol–water partition coefficient (Wildman–Crippen LogP) is 4.77. The fourth-order valence-electron chi connectivity index (χ4n) is 4.64. The second kappa shape index (κ2) is 8.68. The Labute approximate surface area is 167 Å². The number of nitrogens with zero attached hydrogens (tertiary/aromatic N) is 1. The normalized spacial score (nSPS) is 13.2. The summed E-state index contributed by atoms with van der Waals surface area (Å²) in [5.41, 5.74) is 4.46. The van der Waals surface area contributed by atoms with Gasteiger partial charge in [-0.1, -0.05) is 97.9 Å². The molecule has 0 saturated heterocycles. The van der Waals surface area contributed by atoms with Crippen molar-refractivity contribution in [3.63, 3.8) is 0 Å². The maximum Gasteiger partial charge on any atom is 0.0753 e. The van der Waals surface area contributed by atoms with Crippen molar-refractivity contribution >= 4 is 10.2 Å². The van der Waals surface area contributed by atoms with Crippen molar-refractivity contribution in [2.75, 3.05) is 6.54 Å². The van der Waals surface area contributed by atoms with Gasteiger partial charge < -0.3 is 0 Å². The second-order valence-corrected chi connectivity index (χ2v) is 8.67. The third-order valence-corrected chi connectivity index (χ3v) is 7.27. The summed E-state index contributed by atoms with van der Waals surface area (Å²) in [4.78, 5) is 2.68. The maximum atomic E-state index is 2.68. The molecule has 140 valence electrons. The molecule has 0 amide bonds. The molecule has 0 aliphatic rings. The first-order valence-electron chi connectivity index (χ1n) is 10.0. The first kappa shape index (κ1) is 19.6. The molecule has 0 N–H and O–H groups in total. The second-order valence-electron chi connectivity index (χ2n) is 7.51. The van der Waals surface area contributed by atoms with Crippen LogP contribution in [0.5, 0.6) is 0 Å². The standard InChI is InChI=1S/C25H31NSi/c1-4-26(20(2)3)25(22-16-10-6-11-17-22,23-18-12-7-13-19-23)24(27)21-14-8-5-9-15-21/h5-20,24H,4H2,1-3,27H3. The Morgan fingerprint density at radius 1 is 0.741 bits per heavy atom. The van der Waals surface area contributed by atoms with Crippen LogP contribution in [0.1, 0.15) is 43.0 Å². The van der Waals surface area contributed by atoms with E-state index in [0.29, 0.717) is 11.6 Å². The van der Waals surface area contributed by atoms with Crippen LogP contribution in [0.2, 0.25) is 0 Å². The molecule has 27 heavy (non-hydrogen) atoms. The van der Waals surface area contributed by atoms with Crippen molar-refractivity contribution in [2.45, 2.75) is 37.9 Å². The van der Waals surface area contributed by atoms with E-state index in [0.717, 1.165) is 16.8 Å². The van der Waals surface area contributed by atoms with Crippen molar-refractivity contribution < 1.29 is 0 Å². The minimum absolute atomic E-state index is 0.168. The summed E-state index contributed by atoms with van der Waals surface area (Å²) in [6, 6.07) is 33.7. The SMILES string of the molecule is CCN(C(C)C)C(c1ccccc1)(c1ccccc1)C([SiH3])c1ccccc1. The highest BCUT2D eigenvalue weighted by Crippen LogP contribution is 2.46. The fraction of sp³-hybridized carbons (Fsp3) is 0.280. The number of rotatable bonds is 7. The highest BCUT2D eigenvalue weighted by Gasteiger charge is 2.45. The summed E-state index contributed by atoms with van der Waals surface area (Å²) in [6.07, 6.45) is 0. The van der Waals surface area contributed by atoms with Crippen LogP contribution >= 0.6 is 0 Å². The predicted molar refractivity (Wildman–Crippen MR) is 120 cm³/mol. The lowest BCUT2D eigenvalue weighted by Gasteiger charge is -2.51. The molecule has 0 aliphatic heterocycles. The van der Waals surface area contributed by atoms with Crippen molar-refractivity contribution in [1.29, 1.82) is 0 Å². The lowest BCUT2D eigenvalue weighted by molar-refractivity contribution is 0.0869. The summed E-state index contributed by atoms with van der Waals surface area (Å²) in [5.74, 6) is 0. The number of hydrogen-bond donors (Lipinski definition) is 0. The molecule has 1 unspecified atom stereocenters. The van der Waals surface area contributed by atoms with Gasteiger partial charge in [0.15, 0.2) is 0 Å². The van der Waals surface area contributed by atoms with Gasteiger partial charge in [0.1, 0.15) is 0 Å². The maximum absolute atomic E-state index is 2.68. The fourth-order valence-corrected chi connectivity index (χ4v) is 6.02. The third-order valence-electron chi connectivity index (χ3n) is 5.77. The average molecular weight is 374 g/mol. The lowest BCUT2D eigenvalue weighted by Crippen LogP contribution is -2.54. The molecule has 1 atom stereocenters. The van der Waals surface area contributed by atoms with Crippen LogP contribution in [-0.4, -0.2) is 27.7 Å². The van der Waals surface area contributed by atoms with Gasteiger partial charge in [-0.25, -0.2) is 0 Å². The Balaban J connectivity index is 2.35. The summed E-state index contributed by atoms with van der Waals surface area (Å²) in [5, 5.41) is 0. The van der Waals surface area contributed by atoms with E-state index in [-0.39, 0.29) is 5.54 Å². The molecule has 3 rings (SSSR count). The molecule has 0 radical (unpaired) electrons. The summed E-state index contributed by atoms with van der Waals surface area (Å²) in [6.45, 7) is 7.94. The molecule has 0 aliphatic carbocycles. The molecular formula is C25H31NSi. The van der Waals surface area contributed by atoms with Gasteiger partial charge in [-0.2, -0.15) is 0 Å². The molecule has 0 spiro atoms. The van der Waals surface area contributed by atoms with Crippen LogP contribution in [0.4, 0.5) is 0 Å². The van der Waals surface area contributed by atoms with Crippen molar-refractivity contribution in [1.82, 2.24) is 4.90 Å². The van der Waals surface area contributed by atoms with Gasteiger partial charge in [-0.05, 0) is 42.6 Å². The highest BCUT2D eigenvalue weighted by atomic mass is 28.1. The first-order valence-corrected chi connectivity index (χ1v) is 11.2. The molecule has 0 aromatic heterocycles. The van der Waals surface area contributed by atoms with Crippen LogP contribution in [0.15, 0.2) is 91.0 Å². The molecule has 0 heterocycles. The van der Waals surface area contributed by atoms with Crippen molar-refractivity contribution in [3.8, 4) is 0 Å². The van der Waals surface area contributed by atoms with Gasteiger partial charge in [-0.3, -0.25) is 4.90 Å². The van der Waals surface area contributed by atoms with Crippen molar-refractivity contribution in [3.05, 3.63) is 108 Å². The van der Waals surface area contributed by atoms with Crippen LogP contribution in [0.3, 0.4) is 0 Å². The van der Waals surface area contributed by atoms with Gasteiger partial charge in [0, 0.05) is 16.3 Å². The van der Waals surface area contributed by atoms with E-state index in [1.807, 2.05) is 0 Å². The first-order chi connectivity index (χ1) is 13.1. The van der Waals surface area contributed by atoms with Crippen LogP contribution < -0.4 is 0 Å². The molecule has 0 bridgehead atoms. The average Bonchev–Trinajstić information content (AvgIpc) is 2.73. The van der Waals surface area contributed by atoms with Crippen LogP contribution in [-0.2, 0) is 5.54 Å². The Bertz CT molecular complexity index is 775. The molecule has 0 fully saturated rings. The minimum Gasteiger partial charge on any atom is -0.287 e. The third kappa shape index (κ3) is 3.65. The topological polar surface area (TPSA) is 3.24 Å². The summed E-state index contributed by atoms with van der Waals surface area (Å²) < 4.78 is 0. The van der Waals surface area contributed by atoms with E-state index < -0.39 is 0 Å². The van der Waals surface area contributed by atoms with Crippen LogP contribution in [0.25, 0.3) is 0 Å². The summed E-state index contributed by atoms with van der Waals surface area (Å²) in [7, 11) is 1.06. The van der Waals surface area contributed by atoms with Gasteiger partial charge in [-0.15, -0.1) is 0 Å². The van der Waals surface area contributed by atoms with E-state index in [1.165, 1.54) is 16.7 Å². The summed E-state index contributed by atoms with van der Waals surface area (Å²) >= 11 is 0. The van der Waals surface area contributed by atoms with E-state index in [4.69, 9.17) is 0 Å². The van der Waals surface area contributed by atoms with E-state index >= 15 is 0 Å². The Morgan fingerprint density at radius 3 is 1.52 bits per heavy atom. The van der Waals surface area contributed by atoms with Crippen molar-refractivity contribution in [2.24, 2.45) is 0 Å². The molecule has 3 aromatic rings. The molecule has 1 nitrogen and oxygen atoms in total. The largest absolute Gasteiger partial charge is 0.287 e. The lowest BCUT2D eigenvalue weighted by atomic mass is 9.75. The quantitative estimate of drug-likeness (QED) is 0.539. The zero-order valence-corrected chi connectivity index (χ0v) is 19.0. The van der Waals surface area contributed by atoms with Gasteiger partial charge in [0.05, 0.1) is 5.54 Å². The highest BCUT2D eigenvalue weighted by molar-refractivity contribution is 6.14. The number of benzene rings is 3. The Kier molecular flexibility index (Phi) is 6.30. The zero-order valence-electron chi connectivity index (χ0n) is 17.0. The molecule has 3 aromatic carbocycles. The number of likely N-dealkylation sites (N-methyl/N-ethyl adjacent to an activating group) is 1. The van der Waals surface area contributed by atoms with E-state index in [2.05, 4.69) is 117 Å². The van der Waals surface area contributed by atoms with Gasteiger partial charge >= 0.3 is 0 Å². The van der Waals surface area contributed by atoms with Gasteiger partial charge in [0.25, 0.3) is 0 Å². The monoisotopic (exact) mass is 373 g/mol. The Morgan fingerprint density at radius 2 is 1.15 bits per heavy atom. The van der Waals surface area contributed by atoms with E-state index in [9.17, 15) is 0 Å². The molecular weight excluding hydrogens is 342 g/mol. The molecule has 0 saturated carbocycles. The van der Waals surface area contributed by atoms with E-state index in [1.54, 1.807) is 0 Å². The minimum atomic E-state index is -0.168. The molecule has 2 heteroatoms. The van der Waals surface area contributed by atoms with Gasteiger partial charge in [0.2, 0.25) is 0 Å². The van der Waals surface area contributed by atoms with Crippen LogP contribution in [0, 0.1) is 0 Å². The smallest absolute Gasteiger partial charge is 0.0753 e. The number of hydrogen-bond acceptors (Lipinski definition) is 1. The zero-order chi connectivity index (χ0) is 19.3. The Hall–Kier alpha value is -2.16.